The highest BCUT2D eigenvalue weighted by atomic mass is 19.1. The molecule has 6 nitrogen and oxygen atoms in total. The zero-order chi connectivity index (χ0) is 20.4. The van der Waals surface area contributed by atoms with Gasteiger partial charge in [0.05, 0.1) is 26.3 Å². The molecular formula is C22H25FN2O4. The molecule has 2 aliphatic heterocycles. The number of benzene rings is 2. The molecule has 0 aliphatic carbocycles. The van der Waals surface area contributed by atoms with E-state index in [1.54, 1.807) is 44.6 Å². The third-order valence-corrected chi connectivity index (χ3v) is 5.75. The summed E-state index contributed by atoms with van der Waals surface area (Å²) in [7, 11) is 3.16. The van der Waals surface area contributed by atoms with Crippen LogP contribution in [0.2, 0.25) is 0 Å². The second-order valence-corrected chi connectivity index (χ2v) is 7.56. The summed E-state index contributed by atoms with van der Waals surface area (Å²) >= 11 is 0. The Morgan fingerprint density at radius 3 is 2.52 bits per heavy atom. The van der Waals surface area contributed by atoms with Crippen molar-refractivity contribution < 1.29 is 23.4 Å². The van der Waals surface area contributed by atoms with Gasteiger partial charge in [-0.2, -0.15) is 0 Å². The second kappa shape index (κ2) is 7.91. The van der Waals surface area contributed by atoms with Crippen molar-refractivity contribution in [1.29, 1.82) is 0 Å². The molecule has 0 bridgehead atoms. The molecule has 29 heavy (non-hydrogen) atoms. The Morgan fingerprint density at radius 1 is 1.10 bits per heavy atom. The zero-order valence-electron chi connectivity index (χ0n) is 16.7. The lowest BCUT2D eigenvalue weighted by molar-refractivity contribution is 0.00360. The Hall–Kier alpha value is -2.80. The smallest absolute Gasteiger partial charge is 0.255 e. The van der Waals surface area contributed by atoms with Gasteiger partial charge in [0.1, 0.15) is 28.7 Å². The Balaban J connectivity index is 1.47. The first-order valence-electron chi connectivity index (χ1n) is 9.72. The van der Waals surface area contributed by atoms with Crippen LogP contribution in [0.15, 0.2) is 36.4 Å². The first-order valence-corrected chi connectivity index (χ1v) is 9.72. The molecule has 0 aromatic heterocycles. The molecule has 2 aliphatic rings. The van der Waals surface area contributed by atoms with Crippen molar-refractivity contribution in [2.75, 3.05) is 33.9 Å². The lowest BCUT2D eigenvalue weighted by Crippen LogP contribution is -2.53. The lowest BCUT2D eigenvalue weighted by Gasteiger charge is -2.41. The number of ether oxygens (including phenoxy) is 3. The van der Waals surface area contributed by atoms with E-state index in [1.807, 2.05) is 0 Å². The molecule has 1 fully saturated rings. The van der Waals surface area contributed by atoms with Crippen molar-refractivity contribution in [3.63, 3.8) is 0 Å². The van der Waals surface area contributed by atoms with Crippen LogP contribution in [-0.4, -0.2) is 50.3 Å². The zero-order valence-corrected chi connectivity index (χ0v) is 16.7. The average molecular weight is 400 g/mol. The minimum absolute atomic E-state index is 0.139. The quantitative estimate of drug-likeness (QED) is 0.855. The van der Waals surface area contributed by atoms with E-state index < -0.39 is 5.60 Å². The third kappa shape index (κ3) is 4.00. The van der Waals surface area contributed by atoms with Crippen molar-refractivity contribution in [3.05, 3.63) is 53.3 Å². The van der Waals surface area contributed by atoms with Gasteiger partial charge in [-0.05, 0) is 30.3 Å². The van der Waals surface area contributed by atoms with Crippen LogP contribution in [0.1, 0.15) is 28.8 Å². The number of amides is 1. The van der Waals surface area contributed by atoms with Gasteiger partial charge in [-0.3, -0.25) is 9.69 Å². The number of nitrogens with one attached hydrogen (secondary N) is 1. The molecule has 2 aromatic carbocycles. The first kappa shape index (κ1) is 19.5. The number of fused-ring (bicyclic) bond motifs is 1. The summed E-state index contributed by atoms with van der Waals surface area (Å²) in [6.07, 6.45) is 1.46. The lowest BCUT2D eigenvalue weighted by atomic mass is 9.90. The van der Waals surface area contributed by atoms with Crippen LogP contribution < -0.4 is 19.5 Å². The van der Waals surface area contributed by atoms with Crippen molar-refractivity contribution in [2.45, 2.75) is 25.0 Å². The monoisotopic (exact) mass is 400 g/mol. The molecule has 0 radical (unpaired) electrons. The van der Waals surface area contributed by atoms with E-state index in [-0.39, 0.29) is 11.7 Å². The number of halogens is 1. The summed E-state index contributed by atoms with van der Waals surface area (Å²) in [5.41, 5.74) is 0.658. The molecule has 1 N–H and O–H groups in total. The molecule has 1 spiro atoms. The number of piperidine rings is 1. The minimum atomic E-state index is -0.475. The fourth-order valence-electron chi connectivity index (χ4n) is 3.95. The highest BCUT2D eigenvalue weighted by molar-refractivity contribution is 5.97. The SMILES string of the molecule is COc1ccc(F)c(CN2CCC3(CC2)CNC(=O)c2ccc(OC)cc2O3)c1. The molecular weight excluding hydrogens is 375 g/mol. The van der Waals surface area contributed by atoms with Gasteiger partial charge in [0.25, 0.3) is 5.91 Å². The molecule has 2 heterocycles. The van der Waals surface area contributed by atoms with Crippen LogP contribution in [-0.2, 0) is 6.54 Å². The van der Waals surface area contributed by atoms with Crippen LogP contribution in [0.3, 0.4) is 0 Å². The van der Waals surface area contributed by atoms with Crippen LogP contribution in [0.5, 0.6) is 17.2 Å². The number of likely N-dealkylation sites (tertiary alicyclic amines) is 1. The van der Waals surface area contributed by atoms with E-state index in [1.165, 1.54) is 6.07 Å². The van der Waals surface area contributed by atoms with Crippen LogP contribution in [0.4, 0.5) is 4.39 Å². The number of hydrogen-bond acceptors (Lipinski definition) is 5. The average Bonchev–Trinajstić information content (AvgIpc) is 2.87. The molecule has 4 rings (SSSR count). The van der Waals surface area contributed by atoms with Gasteiger partial charge < -0.3 is 19.5 Å². The Kier molecular flexibility index (Phi) is 5.32. The normalized spacial score (nSPS) is 18.4. The van der Waals surface area contributed by atoms with Crippen LogP contribution >= 0.6 is 0 Å². The molecule has 154 valence electrons. The van der Waals surface area contributed by atoms with Crippen molar-refractivity contribution in [2.24, 2.45) is 0 Å². The standard InChI is InChI=1S/C22H25FN2O4/c1-27-16-4-6-19(23)15(11-16)13-25-9-7-22(8-10-25)14-24-21(26)18-5-3-17(28-2)12-20(18)29-22/h3-6,11-12H,7-10,13-14H2,1-2H3,(H,24,26). The summed E-state index contributed by atoms with van der Waals surface area (Å²) in [6, 6.07) is 10.0. The second-order valence-electron chi connectivity index (χ2n) is 7.56. The Labute approximate surface area is 169 Å². The largest absolute Gasteiger partial charge is 0.497 e. The van der Waals surface area contributed by atoms with Gasteiger partial charge in [-0.25, -0.2) is 4.39 Å². The van der Waals surface area contributed by atoms with Crippen LogP contribution in [0, 0.1) is 5.82 Å². The molecule has 0 atom stereocenters. The topological polar surface area (TPSA) is 60.0 Å². The Bertz CT molecular complexity index is 910. The molecule has 0 saturated carbocycles. The van der Waals surface area contributed by atoms with Gasteiger partial charge in [0.2, 0.25) is 0 Å². The van der Waals surface area contributed by atoms with Gasteiger partial charge in [0.15, 0.2) is 0 Å². The molecule has 2 aromatic rings. The fraction of sp³-hybridized carbons (Fsp3) is 0.409. The fourth-order valence-corrected chi connectivity index (χ4v) is 3.95. The molecule has 0 unspecified atom stereocenters. The maximum atomic E-state index is 14.2. The van der Waals surface area contributed by atoms with Gasteiger partial charge in [0, 0.05) is 44.1 Å². The van der Waals surface area contributed by atoms with Gasteiger partial charge in [-0.15, -0.1) is 0 Å². The van der Waals surface area contributed by atoms with Crippen molar-refractivity contribution in [1.82, 2.24) is 10.2 Å². The number of methoxy groups -OCH3 is 2. The number of carbonyl (C=O) groups is 1. The van der Waals surface area contributed by atoms with E-state index in [0.717, 1.165) is 25.9 Å². The van der Waals surface area contributed by atoms with E-state index in [0.29, 0.717) is 41.5 Å². The number of hydrogen-bond donors (Lipinski definition) is 1. The number of rotatable bonds is 4. The highest BCUT2D eigenvalue weighted by Crippen LogP contribution is 2.35. The molecule has 1 saturated heterocycles. The predicted octanol–water partition coefficient (Wildman–Crippen LogP) is 3.00. The minimum Gasteiger partial charge on any atom is -0.497 e. The summed E-state index contributed by atoms with van der Waals surface area (Å²) in [4.78, 5) is 14.6. The maximum absolute atomic E-state index is 14.2. The summed E-state index contributed by atoms with van der Waals surface area (Å²) in [6.45, 7) is 2.44. The number of nitrogens with zero attached hydrogens (tertiary/aromatic N) is 1. The maximum Gasteiger partial charge on any atom is 0.255 e. The number of carbonyl (C=O) groups excluding carboxylic acids is 1. The van der Waals surface area contributed by atoms with E-state index in [4.69, 9.17) is 14.2 Å². The highest BCUT2D eigenvalue weighted by Gasteiger charge is 2.40. The molecule has 7 heteroatoms. The Morgan fingerprint density at radius 2 is 1.79 bits per heavy atom. The van der Waals surface area contributed by atoms with E-state index in [9.17, 15) is 9.18 Å². The summed E-state index contributed by atoms with van der Waals surface area (Å²) in [5, 5.41) is 2.99. The van der Waals surface area contributed by atoms with Gasteiger partial charge >= 0.3 is 0 Å². The first-order chi connectivity index (χ1) is 14.0. The summed E-state index contributed by atoms with van der Waals surface area (Å²) < 4.78 is 31.0. The van der Waals surface area contributed by atoms with Crippen molar-refractivity contribution in [3.8, 4) is 17.2 Å². The van der Waals surface area contributed by atoms with E-state index in [2.05, 4.69) is 10.2 Å². The summed E-state index contributed by atoms with van der Waals surface area (Å²) in [5.74, 6) is 1.48. The third-order valence-electron chi connectivity index (χ3n) is 5.75. The van der Waals surface area contributed by atoms with E-state index >= 15 is 0 Å². The van der Waals surface area contributed by atoms with Gasteiger partial charge in [-0.1, -0.05) is 0 Å². The van der Waals surface area contributed by atoms with Crippen LogP contribution in [0.25, 0.3) is 0 Å². The predicted molar refractivity (Wildman–Crippen MR) is 106 cm³/mol. The molecule has 1 amide bonds. The van der Waals surface area contributed by atoms with Crippen molar-refractivity contribution >= 4 is 5.91 Å².